The first-order chi connectivity index (χ1) is 9.65. The Kier molecular flexibility index (Phi) is 2.79. The molecule has 0 heterocycles. The summed E-state index contributed by atoms with van der Waals surface area (Å²) in [4.78, 5) is 0. The molecule has 0 aliphatic heterocycles. The van der Waals surface area contributed by atoms with E-state index in [4.69, 9.17) is 5.73 Å². The minimum atomic E-state index is 0.491. The van der Waals surface area contributed by atoms with Crippen LogP contribution in [0.1, 0.15) is 56.1 Å². The molecule has 4 saturated carbocycles. The molecule has 0 spiro atoms. The van der Waals surface area contributed by atoms with Crippen LogP contribution >= 0.6 is 0 Å². The average molecular weight is 269 g/mol. The predicted molar refractivity (Wildman–Crippen MR) is 83.6 cm³/mol. The first-order valence-electron chi connectivity index (χ1n) is 8.41. The van der Waals surface area contributed by atoms with Gasteiger partial charge >= 0.3 is 0 Å². The molecule has 0 radical (unpaired) electrons. The van der Waals surface area contributed by atoms with E-state index < -0.39 is 0 Å². The van der Waals surface area contributed by atoms with Crippen molar-refractivity contribution < 1.29 is 0 Å². The van der Waals surface area contributed by atoms with Crippen molar-refractivity contribution >= 4 is 0 Å². The number of rotatable bonds is 3. The molecule has 1 aromatic rings. The monoisotopic (exact) mass is 269 g/mol. The Bertz CT molecular complexity index is 504. The zero-order chi connectivity index (χ0) is 13.8. The van der Waals surface area contributed by atoms with Gasteiger partial charge in [-0.1, -0.05) is 24.3 Å². The van der Waals surface area contributed by atoms with Crippen molar-refractivity contribution in [3.63, 3.8) is 0 Å². The molecular formula is C19H27N. The molecule has 4 bridgehead atoms. The molecule has 4 aliphatic rings. The highest BCUT2D eigenvalue weighted by Crippen LogP contribution is 2.66. The van der Waals surface area contributed by atoms with E-state index in [-0.39, 0.29) is 0 Å². The summed E-state index contributed by atoms with van der Waals surface area (Å²) >= 11 is 0. The second-order valence-corrected chi connectivity index (χ2v) is 8.09. The number of benzene rings is 1. The maximum atomic E-state index is 5.96. The van der Waals surface area contributed by atoms with Crippen LogP contribution in [0.2, 0.25) is 0 Å². The summed E-state index contributed by atoms with van der Waals surface area (Å²) in [7, 11) is 0. The van der Waals surface area contributed by atoms with Gasteiger partial charge in [-0.15, -0.1) is 0 Å². The van der Waals surface area contributed by atoms with E-state index in [0.29, 0.717) is 10.8 Å². The van der Waals surface area contributed by atoms with Crippen molar-refractivity contribution in [2.24, 2.45) is 23.0 Å². The number of aryl methyl sites for hydroxylation is 1. The molecule has 0 amide bonds. The minimum Gasteiger partial charge on any atom is -0.330 e. The lowest BCUT2D eigenvalue weighted by molar-refractivity contribution is -0.0750. The standard InChI is InChI=1S/C19H27N/c1-14-4-2-3-5-17(14)19-11-15-8-16(12-19)10-18(9-15,13-19)6-7-20/h2-5,15-16H,6-13,20H2,1H3. The number of hydrogen-bond acceptors (Lipinski definition) is 1. The molecule has 0 aromatic heterocycles. The summed E-state index contributed by atoms with van der Waals surface area (Å²) in [6.45, 7) is 3.19. The van der Waals surface area contributed by atoms with Crippen molar-refractivity contribution in [1.29, 1.82) is 0 Å². The van der Waals surface area contributed by atoms with Crippen LogP contribution in [0.4, 0.5) is 0 Å². The molecule has 1 aromatic carbocycles. The summed E-state index contributed by atoms with van der Waals surface area (Å²) in [5, 5.41) is 0. The summed E-state index contributed by atoms with van der Waals surface area (Å²) in [5.74, 6) is 1.95. The third-order valence-electron chi connectivity index (χ3n) is 6.57. The molecule has 1 heteroatoms. The van der Waals surface area contributed by atoms with Crippen molar-refractivity contribution in [1.82, 2.24) is 0 Å². The Hall–Kier alpha value is -0.820. The second kappa shape index (κ2) is 4.34. The molecule has 20 heavy (non-hydrogen) atoms. The minimum absolute atomic E-state index is 0.491. The summed E-state index contributed by atoms with van der Waals surface area (Å²) < 4.78 is 0. The summed E-state index contributed by atoms with van der Waals surface area (Å²) in [6, 6.07) is 9.16. The topological polar surface area (TPSA) is 26.0 Å². The van der Waals surface area contributed by atoms with Gasteiger partial charge in [0.1, 0.15) is 0 Å². The van der Waals surface area contributed by atoms with Gasteiger partial charge in [-0.2, -0.15) is 0 Å². The summed E-state index contributed by atoms with van der Waals surface area (Å²) in [6.07, 6.45) is 9.99. The Morgan fingerprint density at radius 1 is 1.10 bits per heavy atom. The second-order valence-electron chi connectivity index (χ2n) is 8.09. The van der Waals surface area contributed by atoms with E-state index in [1.165, 1.54) is 50.5 Å². The van der Waals surface area contributed by atoms with E-state index >= 15 is 0 Å². The fourth-order valence-corrected chi connectivity index (χ4v) is 6.53. The largest absolute Gasteiger partial charge is 0.330 e. The lowest BCUT2D eigenvalue weighted by atomic mass is 9.42. The normalized spacial score (nSPS) is 42.1. The van der Waals surface area contributed by atoms with Crippen LogP contribution in [-0.4, -0.2) is 6.54 Å². The van der Waals surface area contributed by atoms with E-state index in [9.17, 15) is 0 Å². The van der Waals surface area contributed by atoms with Crippen LogP contribution in [0.15, 0.2) is 24.3 Å². The molecule has 0 saturated heterocycles. The maximum Gasteiger partial charge on any atom is -0.00338 e. The fourth-order valence-electron chi connectivity index (χ4n) is 6.53. The van der Waals surface area contributed by atoms with E-state index in [2.05, 4.69) is 31.2 Å². The zero-order valence-electron chi connectivity index (χ0n) is 12.7. The Balaban J connectivity index is 1.77. The highest BCUT2D eigenvalue weighted by Gasteiger charge is 2.57. The van der Waals surface area contributed by atoms with Gasteiger partial charge in [0.2, 0.25) is 0 Å². The highest BCUT2D eigenvalue weighted by molar-refractivity contribution is 5.36. The number of nitrogens with two attached hydrogens (primary N) is 1. The molecule has 2 N–H and O–H groups in total. The average Bonchev–Trinajstić information content (AvgIpc) is 2.37. The maximum absolute atomic E-state index is 5.96. The Labute approximate surface area is 122 Å². The zero-order valence-corrected chi connectivity index (χ0v) is 12.7. The predicted octanol–water partition coefficient (Wildman–Crippen LogP) is 4.18. The molecular weight excluding hydrogens is 242 g/mol. The van der Waals surface area contributed by atoms with Crippen molar-refractivity contribution in [3.8, 4) is 0 Å². The van der Waals surface area contributed by atoms with Gasteiger partial charge in [0.05, 0.1) is 0 Å². The molecule has 4 aliphatic carbocycles. The lowest BCUT2D eigenvalue weighted by Crippen LogP contribution is -2.54. The SMILES string of the molecule is Cc1ccccc1C12CC3CC(CC(CCN)(C3)C1)C2. The third-order valence-corrected chi connectivity index (χ3v) is 6.57. The van der Waals surface area contributed by atoms with E-state index in [1.807, 2.05) is 0 Å². The van der Waals surface area contributed by atoms with Crippen LogP contribution < -0.4 is 5.73 Å². The molecule has 2 unspecified atom stereocenters. The highest BCUT2D eigenvalue weighted by atomic mass is 14.6. The van der Waals surface area contributed by atoms with Crippen LogP contribution in [0.3, 0.4) is 0 Å². The smallest absolute Gasteiger partial charge is 0.00338 e. The van der Waals surface area contributed by atoms with Gasteiger partial charge in [-0.25, -0.2) is 0 Å². The van der Waals surface area contributed by atoms with Crippen LogP contribution in [0.25, 0.3) is 0 Å². The first-order valence-corrected chi connectivity index (χ1v) is 8.41. The molecule has 108 valence electrons. The Morgan fingerprint density at radius 3 is 2.45 bits per heavy atom. The molecule has 1 nitrogen and oxygen atoms in total. The fraction of sp³-hybridized carbons (Fsp3) is 0.684. The van der Waals surface area contributed by atoms with Crippen molar-refractivity contribution in [2.75, 3.05) is 6.54 Å². The lowest BCUT2D eigenvalue weighted by Gasteiger charge is -2.63. The van der Waals surface area contributed by atoms with Crippen molar-refractivity contribution in [2.45, 2.75) is 57.3 Å². The quantitative estimate of drug-likeness (QED) is 0.875. The van der Waals surface area contributed by atoms with Gasteiger partial charge < -0.3 is 5.73 Å². The van der Waals surface area contributed by atoms with Gasteiger partial charge in [-0.05, 0) is 92.2 Å². The van der Waals surface area contributed by atoms with Gasteiger partial charge in [0.15, 0.2) is 0 Å². The third kappa shape index (κ3) is 1.79. The molecule has 5 rings (SSSR count). The van der Waals surface area contributed by atoms with Gasteiger partial charge in [0, 0.05) is 0 Å². The van der Waals surface area contributed by atoms with Crippen molar-refractivity contribution in [3.05, 3.63) is 35.4 Å². The first kappa shape index (κ1) is 12.9. The van der Waals surface area contributed by atoms with Crippen LogP contribution in [0, 0.1) is 24.2 Å². The molecule has 4 fully saturated rings. The van der Waals surface area contributed by atoms with Crippen LogP contribution in [-0.2, 0) is 5.41 Å². The summed E-state index contributed by atoms with van der Waals surface area (Å²) in [5.41, 5.74) is 10.2. The van der Waals surface area contributed by atoms with Gasteiger partial charge in [-0.3, -0.25) is 0 Å². The Morgan fingerprint density at radius 2 is 1.80 bits per heavy atom. The van der Waals surface area contributed by atoms with E-state index in [1.54, 1.807) is 5.56 Å². The van der Waals surface area contributed by atoms with Crippen LogP contribution in [0.5, 0.6) is 0 Å². The molecule has 2 atom stereocenters. The van der Waals surface area contributed by atoms with Gasteiger partial charge in [0.25, 0.3) is 0 Å². The number of hydrogen-bond donors (Lipinski definition) is 1. The van der Waals surface area contributed by atoms with E-state index in [0.717, 1.165) is 18.4 Å².